The molecule has 7 heteroatoms. The Balaban J connectivity index is 1.20. The largest absolute Gasteiger partial charge is 0.508 e. The van der Waals surface area contributed by atoms with Gasteiger partial charge in [-0.3, -0.25) is 9.59 Å². The van der Waals surface area contributed by atoms with Crippen LogP contribution < -0.4 is 10.9 Å². The number of phenolic OH excluding ortho intramolecular Hbond substituents is 1. The molecule has 2 aromatic rings. The predicted octanol–water partition coefficient (Wildman–Crippen LogP) is 2.87. The van der Waals surface area contributed by atoms with E-state index in [2.05, 4.69) is 5.32 Å². The van der Waals surface area contributed by atoms with E-state index in [9.17, 15) is 19.5 Å². The van der Waals surface area contributed by atoms with Gasteiger partial charge in [-0.2, -0.15) is 0 Å². The average molecular weight is 411 g/mol. The molecule has 4 bridgehead atoms. The lowest BCUT2D eigenvalue weighted by Gasteiger charge is -2.55. The van der Waals surface area contributed by atoms with Crippen LogP contribution in [0.2, 0.25) is 0 Å². The summed E-state index contributed by atoms with van der Waals surface area (Å²) in [5.41, 5.74) is -0.175. The minimum absolute atomic E-state index is 0.0140. The first-order chi connectivity index (χ1) is 14.4. The highest BCUT2D eigenvalue weighted by Crippen LogP contribution is 2.60. The SMILES string of the molecule is O=C(CNC(=O)C12CC3CC(CC(C3)C1)C2)OCc1cc(=O)oc2cc(O)ccc12. The number of fused-ring (bicyclic) bond motifs is 1. The van der Waals surface area contributed by atoms with E-state index in [1.165, 1.54) is 37.5 Å². The lowest BCUT2D eigenvalue weighted by Crippen LogP contribution is -2.54. The number of esters is 1. The van der Waals surface area contributed by atoms with Crippen LogP contribution in [0.3, 0.4) is 0 Å². The van der Waals surface area contributed by atoms with E-state index in [4.69, 9.17) is 9.15 Å². The molecular weight excluding hydrogens is 386 g/mol. The molecule has 4 aliphatic carbocycles. The van der Waals surface area contributed by atoms with Crippen LogP contribution in [-0.4, -0.2) is 23.5 Å². The quantitative estimate of drug-likeness (QED) is 0.579. The van der Waals surface area contributed by atoms with Crippen molar-refractivity contribution in [1.29, 1.82) is 0 Å². The van der Waals surface area contributed by atoms with Crippen molar-refractivity contribution in [1.82, 2.24) is 5.32 Å². The first-order valence-corrected chi connectivity index (χ1v) is 10.6. The van der Waals surface area contributed by atoms with Gasteiger partial charge in [0.05, 0.1) is 0 Å². The number of carbonyl (C=O) groups is 2. The van der Waals surface area contributed by atoms with E-state index >= 15 is 0 Å². The monoisotopic (exact) mass is 411 g/mol. The summed E-state index contributed by atoms with van der Waals surface area (Å²) in [6.45, 7) is -0.292. The highest BCUT2D eigenvalue weighted by atomic mass is 16.5. The molecule has 1 aromatic carbocycles. The molecule has 7 nitrogen and oxygen atoms in total. The maximum absolute atomic E-state index is 12.9. The molecule has 4 saturated carbocycles. The third-order valence-corrected chi connectivity index (χ3v) is 7.12. The summed E-state index contributed by atoms with van der Waals surface area (Å²) >= 11 is 0. The zero-order chi connectivity index (χ0) is 20.9. The number of hydrogen-bond acceptors (Lipinski definition) is 6. The van der Waals surface area contributed by atoms with Gasteiger partial charge in [0.15, 0.2) is 0 Å². The van der Waals surface area contributed by atoms with E-state index < -0.39 is 11.6 Å². The molecule has 2 N–H and O–H groups in total. The van der Waals surface area contributed by atoms with Crippen LogP contribution in [0.4, 0.5) is 0 Å². The molecule has 0 unspecified atom stereocenters. The Morgan fingerprint density at radius 3 is 2.43 bits per heavy atom. The summed E-state index contributed by atoms with van der Waals surface area (Å²) in [5.74, 6) is 1.39. The number of ether oxygens (including phenoxy) is 1. The van der Waals surface area contributed by atoms with Crippen LogP contribution in [0.15, 0.2) is 33.5 Å². The number of aromatic hydroxyl groups is 1. The fourth-order valence-electron chi connectivity index (χ4n) is 6.28. The maximum atomic E-state index is 12.9. The van der Waals surface area contributed by atoms with Gasteiger partial charge in [-0.1, -0.05) is 0 Å². The summed E-state index contributed by atoms with van der Waals surface area (Å²) in [6.07, 6.45) is 6.59. The minimum Gasteiger partial charge on any atom is -0.508 e. The van der Waals surface area contributed by atoms with Crippen LogP contribution in [-0.2, 0) is 20.9 Å². The summed E-state index contributed by atoms with van der Waals surface area (Å²) in [6, 6.07) is 5.68. The summed E-state index contributed by atoms with van der Waals surface area (Å²) in [4.78, 5) is 36.9. The van der Waals surface area contributed by atoms with Gasteiger partial charge in [0, 0.05) is 28.5 Å². The fraction of sp³-hybridized carbons (Fsp3) is 0.522. The van der Waals surface area contributed by atoms with Gasteiger partial charge in [-0.05, 0) is 68.4 Å². The second-order valence-electron chi connectivity index (χ2n) is 9.31. The molecule has 0 spiro atoms. The van der Waals surface area contributed by atoms with Crippen LogP contribution in [0.1, 0.15) is 44.1 Å². The van der Waals surface area contributed by atoms with Gasteiger partial charge >= 0.3 is 11.6 Å². The lowest BCUT2D eigenvalue weighted by molar-refractivity contribution is -0.151. The maximum Gasteiger partial charge on any atom is 0.336 e. The Kier molecular flexibility index (Phi) is 4.56. The number of phenols is 1. The van der Waals surface area contributed by atoms with E-state index in [0.717, 1.165) is 19.3 Å². The van der Waals surface area contributed by atoms with E-state index in [-0.39, 0.29) is 35.8 Å². The number of rotatable bonds is 5. The van der Waals surface area contributed by atoms with Crippen LogP contribution in [0, 0.1) is 23.2 Å². The molecule has 158 valence electrons. The van der Waals surface area contributed by atoms with Crippen molar-refractivity contribution in [2.45, 2.75) is 45.1 Å². The molecule has 0 atom stereocenters. The van der Waals surface area contributed by atoms with Crippen molar-refractivity contribution in [2.75, 3.05) is 6.54 Å². The average Bonchev–Trinajstić information content (AvgIpc) is 2.68. The van der Waals surface area contributed by atoms with E-state index in [1.807, 2.05) is 0 Å². The number of nitrogens with one attached hydrogen (secondary N) is 1. The standard InChI is InChI=1S/C23H25NO6/c25-17-1-2-18-16(6-20(26)30-19(18)7-17)12-29-21(27)11-24-22(28)23-8-13-3-14(9-23)5-15(4-13)10-23/h1-2,6-7,13-15,25H,3-5,8-12H2,(H,24,28). The number of benzene rings is 1. The topological polar surface area (TPSA) is 106 Å². The fourth-order valence-corrected chi connectivity index (χ4v) is 6.28. The van der Waals surface area contributed by atoms with Crippen molar-refractivity contribution in [3.05, 3.63) is 40.2 Å². The summed E-state index contributed by atoms with van der Waals surface area (Å²) < 4.78 is 10.4. The lowest BCUT2D eigenvalue weighted by atomic mass is 9.49. The van der Waals surface area contributed by atoms with E-state index in [1.54, 1.807) is 6.07 Å². The first kappa shape index (κ1) is 19.2. The van der Waals surface area contributed by atoms with Crippen LogP contribution in [0.5, 0.6) is 5.75 Å². The van der Waals surface area contributed by atoms with Crippen LogP contribution >= 0.6 is 0 Å². The number of amides is 1. The summed E-state index contributed by atoms with van der Waals surface area (Å²) in [7, 11) is 0. The van der Waals surface area contributed by atoms with Gasteiger partial charge in [0.25, 0.3) is 0 Å². The minimum atomic E-state index is -0.589. The third kappa shape index (κ3) is 3.46. The molecule has 1 heterocycles. The van der Waals surface area contributed by atoms with Crippen molar-refractivity contribution in [3.8, 4) is 5.75 Å². The molecule has 4 fully saturated rings. The van der Waals surface area contributed by atoms with Gasteiger partial charge in [0.2, 0.25) is 5.91 Å². The normalized spacial score (nSPS) is 29.1. The number of hydrogen-bond donors (Lipinski definition) is 2. The molecule has 0 saturated heterocycles. The van der Waals surface area contributed by atoms with Gasteiger partial charge in [-0.15, -0.1) is 0 Å². The highest BCUT2D eigenvalue weighted by Gasteiger charge is 2.54. The zero-order valence-corrected chi connectivity index (χ0v) is 16.7. The molecule has 4 aliphatic rings. The molecule has 0 aliphatic heterocycles. The Morgan fingerprint density at radius 1 is 1.10 bits per heavy atom. The predicted molar refractivity (Wildman–Crippen MR) is 108 cm³/mol. The van der Waals surface area contributed by atoms with Gasteiger partial charge < -0.3 is 19.6 Å². The second-order valence-corrected chi connectivity index (χ2v) is 9.31. The van der Waals surface area contributed by atoms with Crippen molar-refractivity contribution in [3.63, 3.8) is 0 Å². The summed E-state index contributed by atoms with van der Waals surface area (Å²) in [5, 5.41) is 12.9. The Bertz CT molecular complexity index is 1040. The molecule has 6 rings (SSSR count). The second kappa shape index (κ2) is 7.15. The van der Waals surface area contributed by atoms with Crippen molar-refractivity contribution >= 4 is 22.8 Å². The van der Waals surface area contributed by atoms with Gasteiger partial charge in [0.1, 0.15) is 24.5 Å². The Morgan fingerprint density at radius 2 is 1.77 bits per heavy atom. The number of carbonyl (C=O) groups excluding carboxylic acids is 2. The third-order valence-electron chi connectivity index (χ3n) is 7.12. The van der Waals surface area contributed by atoms with Crippen molar-refractivity contribution < 1.29 is 23.8 Å². The Labute approximate surface area is 173 Å². The molecule has 1 aromatic heterocycles. The van der Waals surface area contributed by atoms with Gasteiger partial charge in [-0.25, -0.2) is 4.79 Å². The molecular formula is C23H25NO6. The molecule has 30 heavy (non-hydrogen) atoms. The van der Waals surface area contributed by atoms with Crippen LogP contribution in [0.25, 0.3) is 11.0 Å². The van der Waals surface area contributed by atoms with E-state index in [0.29, 0.717) is 28.7 Å². The molecule has 0 radical (unpaired) electrons. The first-order valence-electron chi connectivity index (χ1n) is 10.6. The smallest absolute Gasteiger partial charge is 0.336 e. The molecule has 1 amide bonds. The Hall–Kier alpha value is -2.83. The highest BCUT2D eigenvalue weighted by molar-refractivity contribution is 5.87. The van der Waals surface area contributed by atoms with Crippen molar-refractivity contribution in [2.24, 2.45) is 23.2 Å². The zero-order valence-electron chi connectivity index (χ0n) is 16.7.